The zero-order valence-corrected chi connectivity index (χ0v) is 9.18. The van der Waals surface area contributed by atoms with E-state index in [0.29, 0.717) is 0 Å². The van der Waals surface area contributed by atoms with Gasteiger partial charge >= 0.3 is 0 Å². The van der Waals surface area contributed by atoms with Gasteiger partial charge in [-0.2, -0.15) is 5.10 Å². The van der Waals surface area contributed by atoms with Crippen molar-refractivity contribution in [2.24, 2.45) is 5.73 Å². The second kappa shape index (κ2) is 5.50. The Morgan fingerprint density at radius 2 is 2.40 bits per heavy atom. The molecule has 0 bridgehead atoms. The Labute approximate surface area is 89.6 Å². The summed E-state index contributed by atoms with van der Waals surface area (Å²) in [4.78, 5) is 11.3. The summed E-state index contributed by atoms with van der Waals surface area (Å²) >= 11 is 0. The monoisotopic (exact) mass is 210 g/mol. The lowest BCUT2D eigenvalue weighted by molar-refractivity contribution is -0.121. The van der Waals surface area contributed by atoms with E-state index in [0.717, 1.165) is 13.0 Å². The Hall–Kier alpha value is -1.36. The summed E-state index contributed by atoms with van der Waals surface area (Å²) in [6.07, 6.45) is 4.48. The SMILES string of the molecule is CCCNC(C(N)=O)C(C)n1cccn1. The Morgan fingerprint density at radius 3 is 2.87 bits per heavy atom. The van der Waals surface area contributed by atoms with Crippen molar-refractivity contribution in [3.63, 3.8) is 0 Å². The van der Waals surface area contributed by atoms with Gasteiger partial charge in [0.1, 0.15) is 6.04 Å². The van der Waals surface area contributed by atoms with Crippen molar-refractivity contribution in [3.8, 4) is 0 Å². The Balaban J connectivity index is 2.67. The minimum atomic E-state index is -0.371. The van der Waals surface area contributed by atoms with Crippen molar-refractivity contribution in [2.75, 3.05) is 6.54 Å². The molecule has 0 saturated carbocycles. The third kappa shape index (κ3) is 3.06. The van der Waals surface area contributed by atoms with Crippen LogP contribution in [0, 0.1) is 0 Å². The summed E-state index contributed by atoms with van der Waals surface area (Å²) in [6, 6.07) is 1.39. The van der Waals surface area contributed by atoms with E-state index in [9.17, 15) is 4.79 Å². The fraction of sp³-hybridized carbons (Fsp3) is 0.600. The highest BCUT2D eigenvalue weighted by atomic mass is 16.1. The Bertz CT molecular complexity index is 296. The highest BCUT2D eigenvalue weighted by Crippen LogP contribution is 2.09. The number of nitrogens with one attached hydrogen (secondary N) is 1. The van der Waals surface area contributed by atoms with E-state index < -0.39 is 0 Å². The molecule has 5 heteroatoms. The standard InChI is InChI=1S/C10H18N4O/c1-3-5-12-9(10(11)15)8(2)14-7-4-6-13-14/h4,6-9,12H,3,5H2,1-2H3,(H2,11,15). The summed E-state index contributed by atoms with van der Waals surface area (Å²) in [5.74, 6) is -0.341. The molecule has 0 fully saturated rings. The lowest BCUT2D eigenvalue weighted by atomic mass is 10.1. The van der Waals surface area contributed by atoms with Crippen molar-refractivity contribution in [3.05, 3.63) is 18.5 Å². The second-order valence-corrected chi connectivity index (χ2v) is 3.56. The number of hydrogen-bond acceptors (Lipinski definition) is 3. The maximum absolute atomic E-state index is 11.3. The molecule has 84 valence electrons. The van der Waals surface area contributed by atoms with Gasteiger partial charge in [-0.25, -0.2) is 0 Å². The van der Waals surface area contributed by atoms with Gasteiger partial charge in [-0.05, 0) is 26.0 Å². The summed E-state index contributed by atoms with van der Waals surface area (Å²) < 4.78 is 1.73. The average Bonchev–Trinajstić information content (AvgIpc) is 2.70. The normalized spacial score (nSPS) is 14.8. The summed E-state index contributed by atoms with van der Waals surface area (Å²) in [5.41, 5.74) is 5.34. The van der Waals surface area contributed by atoms with Crippen molar-refractivity contribution in [2.45, 2.75) is 32.4 Å². The quantitative estimate of drug-likeness (QED) is 0.709. The number of hydrogen-bond donors (Lipinski definition) is 2. The molecule has 3 N–H and O–H groups in total. The van der Waals surface area contributed by atoms with Crippen molar-refractivity contribution < 1.29 is 4.79 Å². The number of amides is 1. The first-order chi connectivity index (χ1) is 7.16. The summed E-state index contributed by atoms with van der Waals surface area (Å²) in [6.45, 7) is 4.74. The van der Waals surface area contributed by atoms with Crippen LogP contribution in [0.4, 0.5) is 0 Å². The molecular weight excluding hydrogens is 192 g/mol. The molecule has 0 aromatic carbocycles. The van der Waals surface area contributed by atoms with Gasteiger partial charge in [0.2, 0.25) is 5.91 Å². The molecule has 2 atom stereocenters. The van der Waals surface area contributed by atoms with E-state index in [1.807, 2.05) is 26.1 Å². The average molecular weight is 210 g/mol. The molecule has 0 radical (unpaired) electrons. The van der Waals surface area contributed by atoms with Crippen molar-refractivity contribution in [1.82, 2.24) is 15.1 Å². The summed E-state index contributed by atoms with van der Waals surface area (Å²) in [7, 11) is 0. The van der Waals surface area contributed by atoms with E-state index in [1.165, 1.54) is 0 Å². The maximum atomic E-state index is 11.3. The van der Waals surface area contributed by atoms with E-state index >= 15 is 0 Å². The molecule has 1 aromatic heterocycles. The number of carbonyl (C=O) groups excluding carboxylic acids is 1. The molecule has 0 aliphatic heterocycles. The molecule has 1 rings (SSSR count). The zero-order chi connectivity index (χ0) is 11.3. The van der Waals surface area contributed by atoms with Crippen LogP contribution in [0.3, 0.4) is 0 Å². The van der Waals surface area contributed by atoms with Crippen LogP contribution >= 0.6 is 0 Å². The molecule has 5 nitrogen and oxygen atoms in total. The van der Waals surface area contributed by atoms with Gasteiger partial charge in [0.25, 0.3) is 0 Å². The second-order valence-electron chi connectivity index (χ2n) is 3.56. The van der Waals surface area contributed by atoms with Gasteiger partial charge in [0.15, 0.2) is 0 Å². The van der Waals surface area contributed by atoms with Gasteiger partial charge in [0, 0.05) is 12.4 Å². The molecule has 1 heterocycles. The van der Waals surface area contributed by atoms with Crippen LogP contribution in [0.5, 0.6) is 0 Å². The minimum Gasteiger partial charge on any atom is -0.368 e. The highest BCUT2D eigenvalue weighted by molar-refractivity contribution is 5.80. The molecular formula is C10H18N4O. The molecule has 0 spiro atoms. The number of carbonyl (C=O) groups is 1. The van der Waals surface area contributed by atoms with Crippen LogP contribution in [0.2, 0.25) is 0 Å². The number of primary amides is 1. The number of rotatable bonds is 6. The topological polar surface area (TPSA) is 72.9 Å². The molecule has 2 unspecified atom stereocenters. The number of aromatic nitrogens is 2. The van der Waals surface area contributed by atoms with Gasteiger partial charge < -0.3 is 11.1 Å². The molecule has 0 saturated heterocycles. The largest absolute Gasteiger partial charge is 0.368 e. The molecule has 1 aromatic rings. The van der Waals surface area contributed by atoms with Crippen LogP contribution in [0.1, 0.15) is 26.3 Å². The fourth-order valence-electron chi connectivity index (χ4n) is 1.48. The zero-order valence-electron chi connectivity index (χ0n) is 9.18. The van der Waals surface area contributed by atoms with E-state index in [-0.39, 0.29) is 18.0 Å². The van der Waals surface area contributed by atoms with Crippen LogP contribution in [-0.2, 0) is 4.79 Å². The maximum Gasteiger partial charge on any atom is 0.236 e. The lowest BCUT2D eigenvalue weighted by Crippen LogP contribution is -2.46. The minimum absolute atomic E-state index is 0.0657. The molecule has 15 heavy (non-hydrogen) atoms. The molecule has 0 aliphatic rings. The smallest absolute Gasteiger partial charge is 0.236 e. The summed E-state index contributed by atoms with van der Waals surface area (Å²) in [5, 5.41) is 7.22. The van der Waals surface area contributed by atoms with Crippen molar-refractivity contribution in [1.29, 1.82) is 0 Å². The van der Waals surface area contributed by atoms with Gasteiger partial charge in [-0.15, -0.1) is 0 Å². The van der Waals surface area contributed by atoms with Crippen LogP contribution < -0.4 is 11.1 Å². The van der Waals surface area contributed by atoms with Crippen LogP contribution in [-0.4, -0.2) is 28.3 Å². The first kappa shape index (κ1) is 11.7. The van der Waals surface area contributed by atoms with Crippen LogP contribution in [0.25, 0.3) is 0 Å². The first-order valence-corrected chi connectivity index (χ1v) is 5.18. The van der Waals surface area contributed by atoms with E-state index in [4.69, 9.17) is 5.73 Å². The van der Waals surface area contributed by atoms with E-state index in [2.05, 4.69) is 10.4 Å². The van der Waals surface area contributed by atoms with Crippen molar-refractivity contribution >= 4 is 5.91 Å². The van der Waals surface area contributed by atoms with E-state index in [1.54, 1.807) is 10.9 Å². The molecule has 1 amide bonds. The van der Waals surface area contributed by atoms with Gasteiger partial charge in [-0.3, -0.25) is 9.48 Å². The highest BCUT2D eigenvalue weighted by Gasteiger charge is 2.23. The lowest BCUT2D eigenvalue weighted by Gasteiger charge is -2.22. The third-order valence-corrected chi connectivity index (χ3v) is 2.35. The fourth-order valence-corrected chi connectivity index (χ4v) is 1.48. The van der Waals surface area contributed by atoms with Gasteiger partial charge in [-0.1, -0.05) is 6.92 Å². The number of nitrogens with two attached hydrogens (primary N) is 1. The number of nitrogens with zero attached hydrogens (tertiary/aromatic N) is 2. The van der Waals surface area contributed by atoms with Crippen LogP contribution in [0.15, 0.2) is 18.5 Å². The third-order valence-electron chi connectivity index (χ3n) is 2.35. The predicted octanol–water partition coefficient (Wildman–Crippen LogP) is 0.298. The molecule has 0 aliphatic carbocycles. The van der Waals surface area contributed by atoms with Gasteiger partial charge in [0.05, 0.1) is 6.04 Å². The first-order valence-electron chi connectivity index (χ1n) is 5.18. The Morgan fingerprint density at radius 1 is 1.67 bits per heavy atom. The predicted molar refractivity (Wildman–Crippen MR) is 58.2 cm³/mol. The Kier molecular flexibility index (Phi) is 4.30.